The van der Waals surface area contributed by atoms with Crippen molar-refractivity contribution in [3.05, 3.63) is 53.9 Å². The normalized spacial score (nSPS) is 38.9. The number of esters is 2. The van der Waals surface area contributed by atoms with E-state index in [9.17, 15) is 9.59 Å². The van der Waals surface area contributed by atoms with Crippen molar-refractivity contribution in [2.24, 2.45) is 50.2 Å². The second-order valence-corrected chi connectivity index (χ2v) is 18.7. The summed E-state index contributed by atoms with van der Waals surface area (Å²) in [5.74, 6) is 1.17. The molecule has 0 bridgehead atoms. The van der Waals surface area contributed by atoms with Crippen molar-refractivity contribution in [3.63, 3.8) is 0 Å². The Kier molecular flexibility index (Phi) is 8.31. The molecular weight excluding hydrogens is 610 g/mol. The molecule has 266 valence electrons. The summed E-state index contributed by atoms with van der Waals surface area (Å²) in [5.41, 5.74) is 3.43. The number of ether oxygens (including phenoxy) is 2. The van der Waals surface area contributed by atoms with Crippen molar-refractivity contribution in [2.75, 3.05) is 7.11 Å². The molecule has 0 saturated heterocycles. The van der Waals surface area contributed by atoms with E-state index in [1.54, 1.807) is 17.4 Å². The lowest BCUT2D eigenvalue weighted by Crippen LogP contribution is -2.65. The zero-order valence-corrected chi connectivity index (χ0v) is 31.3. The Bertz CT molecular complexity index is 1630. The summed E-state index contributed by atoms with van der Waals surface area (Å²) in [7, 11) is 1.59. The van der Waals surface area contributed by atoms with Crippen LogP contribution in [-0.4, -0.2) is 40.1 Å². The molecule has 0 spiro atoms. The third-order valence-electron chi connectivity index (χ3n) is 15.6. The topological polar surface area (TPSA) is 83.3 Å². The largest absolute Gasteiger partial charge is 0.469 e. The molecule has 0 N–H and O–H groups in total. The number of carbonyl (C=O) groups is 2. The summed E-state index contributed by atoms with van der Waals surface area (Å²) < 4.78 is 13.7. The number of aromatic nitrogens is 3. The Labute approximate surface area is 294 Å². The van der Waals surface area contributed by atoms with E-state index in [1.165, 1.54) is 6.42 Å². The van der Waals surface area contributed by atoms with E-state index in [2.05, 4.69) is 64.9 Å². The number of carbonyl (C=O) groups excluding carboxylic acids is 2. The summed E-state index contributed by atoms with van der Waals surface area (Å²) in [6, 6.07) is 9.91. The van der Waals surface area contributed by atoms with Gasteiger partial charge in [0.1, 0.15) is 6.10 Å². The van der Waals surface area contributed by atoms with E-state index in [0.29, 0.717) is 24.7 Å². The van der Waals surface area contributed by atoms with Crippen molar-refractivity contribution >= 4 is 11.9 Å². The lowest BCUT2D eigenvalue weighted by molar-refractivity contribution is -0.214. The average molecular weight is 670 g/mol. The maximum Gasteiger partial charge on any atom is 0.312 e. The summed E-state index contributed by atoms with van der Waals surface area (Å²) >= 11 is 0. The summed E-state index contributed by atoms with van der Waals surface area (Å²) in [6.07, 6.45) is 15.7. The van der Waals surface area contributed by atoms with Crippen LogP contribution in [0.5, 0.6) is 0 Å². The molecule has 0 unspecified atom stereocenters. The number of rotatable bonds is 6. The van der Waals surface area contributed by atoms with Crippen LogP contribution < -0.4 is 0 Å². The molecule has 5 aliphatic carbocycles. The van der Waals surface area contributed by atoms with Gasteiger partial charge in [-0.3, -0.25) is 9.59 Å². The van der Waals surface area contributed by atoms with E-state index in [0.717, 1.165) is 69.2 Å². The number of benzene rings is 1. The van der Waals surface area contributed by atoms with Crippen molar-refractivity contribution in [3.8, 4) is 5.69 Å². The summed E-state index contributed by atoms with van der Waals surface area (Å²) in [6.45, 7) is 17.3. The third kappa shape index (κ3) is 5.25. The molecule has 4 fully saturated rings. The molecule has 0 aliphatic heterocycles. The fraction of sp³-hybridized carbons (Fsp3) is 0.714. The number of hydrogen-bond donors (Lipinski definition) is 0. The minimum absolute atomic E-state index is 0.0204. The van der Waals surface area contributed by atoms with E-state index >= 15 is 0 Å². The molecule has 7 nitrogen and oxygen atoms in total. The van der Waals surface area contributed by atoms with E-state index < -0.39 is 0 Å². The van der Waals surface area contributed by atoms with Gasteiger partial charge >= 0.3 is 11.9 Å². The van der Waals surface area contributed by atoms with Gasteiger partial charge in [0.25, 0.3) is 0 Å². The van der Waals surface area contributed by atoms with Crippen LogP contribution >= 0.6 is 0 Å². The minimum Gasteiger partial charge on any atom is -0.469 e. The predicted octanol–water partition coefficient (Wildman–Crippen LogP) is 9.09. The second-order valence-electron chi connectivity index (χ2n) is 18.7. The van der Waals surface area contributed by atoms with Crippen molar-refractivity contribution in [2.45, 2.75) is 132 Å². The molecule has 1 aromatic heterocycles. The highest BCUT2D eigenvalue weighted by atomic mass is 16.5. The Hall–Kier alpha value is -2.96. The van der Waals surface area contributed by atoms with Crippen LogP contribution in [0.4, 0.5) is 0 Å². The second kappa shape index (κ2) is 11.8. The van der Waals surface area contributed by atoms with Crippen molar-refractivity contribution < 1.29 is 19.1 Å². The van der Waals surface area contributed by atoms with Crippen LogP contribution in [0.15, 0.2) is 48.2 Å². The first-order valence-electron chi connectivity index (χ1n) is 19.0. The highest BCUT2D eigenvalue weighted by Gasteiger charge is 2.69. The van der Waals surface area contributed by atoms with Crippen LogP contribution in [0.2, 0.25) is 0 Å². The Morgan fingerprint density at radius 2 is 1.63 bits per heavy atom. The Morgan fingerprint density at radius 3 is 2.37 bits per heavy atom. The smallest absolute Gasteiger partial charge is 0.312 e. The zero-order chi connectivity index (χ0) is 35.0. The van der Waals surface area contributed by atoms with Crippen molar-refractivity contribution in [1.29, 1.82) is 0 Å². The summed E-state index contributed by atoms with van der Waals surface area (Å²) in [4.78, 5) is 26.9. The number of nitrogens with zero attached hydrogens (tertiary/aromatic N) is 3. The molecule has 5 aliphatic rings. The highest BCUT2D eigenvalue weighted by molar-refractivity contribution is 5.78. The number of hydrogen-bond acceptors (Lipinski definition) is 6. The van der Waals surface area contributed by atoms with Gasteiger partial charge in [0, 0.05) is 11.8 Å². The number of aryl methyl sites for hydroxylation is 1. The van der Waals surface area contributed by atoms with Gasteiger partial charge in [0.15, 0.2) is 0 Å². The van der Waals surface area contributed by atoms with Crippen LogP contribution in [-0.2, 0) is 25.5 Å². The number of fused-ring (bicyclic) bond motifs is 7. The number of para-hydroxylation sites is 1. The molecule has 49 heavy (non-hydrogen) atoms. The van der Waals surface area contributed by atoms with E-state index in [4.69, 9.17) is 9.47 Å². The van der Waals surface area contributed by atoms with Crippen LogP contribution in [0.25, 0.3) is 5.69 Å². The molecular formula is C42H59N3O4. The molecule has 8 atom stereocenters. The molecule has 7 rings (SSSR count). The van der Waals surface area contributed by atoms with Crippen LogP contribution in [0.1, 0.15) is 125 Å². The first-order chi connectivity index (χ1) is 23.1. The molecule has 4 saturated carbocycles. The van der Waals surface area contributed by atoms with Gasteiger partial charge in [-0.2, -0.15) is 0 Å². The lowest BCUT2D eigenvalue weighted by Gasteiger charge is -2.71. The van der Waals surface area contributed by atoms with Gasteiger partial charge in [0.2, 0.25) is 0 Å². The molecule has 2 aromatic rings. The van der Waals surface area contributed by atoms with Gasteiger partial charge < -0.3 is 9.47 Å². The first kappa shape index (κ1) is 34.5. The van der Waals surface area contributed by atoms with Crippen LogP contribution in [0.3, 0.4) is 0 Å². The SMILES string of the molecule is COC(=O)[C@]12CCC(C)(C)C[C@H]1C1=CC[C@@H]3[C@@]4(C)CC[C@H](OC(=O)CCc5cn(-c6ccccc6)nn5)C(C)(C)[C@@H]4CC[C@@]3(C)[C@]1(C)CC2. The Morgan fingerprint density at radius 1 is 0.898 bits per heavy atom. The molecule has 0 radical (unpaired) electrons. The van der Waals surface area contributed by atoms with Gasteiger partial charge in [-0.15, -0.1) is 5.10 Å². The van der Waals surface area contributed by atoms with Gasteiger partial charge in [-0.05, 0) is 116 Å². The fourth-order valence-corrected chi connectivity index (χ4v) is 12.6. The number of allylic oxidation sites excluding steroid dienone is 2. The molecule has 1 aromatic carbocycles. The predicted molar refractivity (Wildman–Crippen MR) is 191 cm³/mol. The van der Waals surface area contributed by atoms with Crippen molar-refractivity contribution in [1.82, 2.24) is 15.0 Å². The standard InChI is InChI=1S/C42H59N3O4/c1-37(2)22-24-42(36(47)48-8)25-23-40(6)30(31(42)26-37)15-16-33-39(5)20-19-34(38(3,4)32(39)18-21-41(33,40)7)49-35(46)17-14-28-27-45(44-43-28)29-12-10-9-11-13-29/h9-13,15,27,31-34H,14,16-26H2,1-8H3/t31-,32-,33+,34-,39-,40+,41+,42-/m0/s1. The maximum absolute atomic E-state index is 13.6. The highest BCUT2D eigenvalue weighted by Crippen LogP contribution is 2.76. The molecule has 0 amide bonds. The van der Waals surface area contributed by atoms with E-state index in [1.807, 2.05) is 36.5 Å². The van der Waals surface area contributed by atoms with Gasteiger partial charge in [-0.1, -0.05) is 83.5 Å². The zero-order valence-electron chi connectivity index (χ0n) is 31.3. The van der Waals surface area contributed by atoms with Gasteiger partial charge in [-0.25, -0.2) is 4.68 Å². The molecule has 1 heterocycles. The van der Waals surface area contributed by atoms with Crippen LogP contribution in [0, 0.1) is 50.2 Å². The fourth-order valence-electron chi connectivity index (χ4n) is 12.6. The summed E-state index contributed by atoms with van der Waals surface area (Å²) in [5, 5.41) is 8.56. The average Bonchev–Trinajstić information content (AvgIpc) is 3.54. The van der Waals surface area contributed by atoms with E-state index in [-0.39, 0.29) is 56.5 Å². The molecule has 7 heteroatoms. The lowest BCUT2D eigenvalue weighted by atomic mass is 9.33. The minimum atomic E-state index is -0.373. The number of methoxy groups -OCH3 is 1. The van der Waals surface area contributed by atoms with Gasteiger partial charge in [0.05, 0.1) is 36.5 Å². The Balaban J connectivity index is 1.08. The monoisotopic (exact) mass is 669 g/mol. The maximum atomic E-state index is 13.6. The first-order valence-corrected chi connectivity index (χ1v) is 19.0. The quantitative estimate of drug-likeness (QED) is 0.225. The third-order valence-corrected chi connectivity index (χ3v) is 15.6.